The summed E-state index contributed by atoms with van der Waals surface area (Å²) < 4.78 is 10.4. The van der Waals surface area contributed by atoms with Crippen molar-refractivity contribution in [3.8, 4) is 11.5 Å². The van der Waals surface area contributed by atoms with Crippen LogP contribution in [0.15, 0.2) is 48.5 Å². The molecule has 4 heteroatoms. The number of hydrogen-bond donors (Lipinski definition) is 1. The van der Waals surface area contributed by atoms with E-state index in [1.54, 1.807) is 38.5 Å². The third kappa shape index (κ3) is 5.11. The molecule has 132 valence electrons. The number of carbonyl (C=O) groups is 1. The molecule has 0 spiro atoms. The molecule has 0 bridgehead atoms. The highest BCUT2D eigenvalue weighted by atomic mass is 16.5. The van der Waals surface area contributed by atoms with E-state index < -0.39 is 0 Å². The van der Waals surface area contributed by atoms with Crippen LogP contribution in [0.1, 0.15) is 31.9 Å². The zero-order chi connectivity index (χ0) is 18.4. The molecule has 0 heterocycles. The van der Waals surface area contributed by atoms with E-state index in [2.05, 4.69) is 38.2 Å². The second-order valence-corrected chi connectivity index (χ2v) is 6.76. The predicted octanol–water partition coefficient (Wildman–Crippen LogP) is 4.65. The van der Waals surface area contributed by atoms with Crippen LogP contribution in [0.2, 0.25) is 0 Å². The van der Waals surface area contributed by atoms with E-state index in [9.17, 15) is 4.79 Å². The number of carbonyl (C=O) groups excluding carboxylic acids is 1. The average molecular weight is 339 g/mol. The standard InChI is InChI=1S/C21H25NO3/c1-21(2,3)16-9-6-15(7-10-16)8-13-20(23)22-17-11-12-18(24-4)19(14-17)25-5/h6-14H,1-5H3,(H,22,23). The Morgan fingerprint density at radius 1 is 0.960 bits per heavy atom. The Bertz CT molecular complexity index is 756. The number of nitrogens with one attached hydrogen (secondary N) is 1. The van der Waals surface area contributed by atoms with Gasteiger partial charge in [-0.3, -0.25) is 4.79 Å². The third-order valence-electron chi connectivity index (χ3n) is 3.85. The highest BCUT2D eigenvalue weighted by molar-refractivity contribution is 6.02. The molecule has 1 amide bonds. The van der Waals surface area contributed by atoms with E-state index in [1.165, 1.54) is 11.6 Å². The van der Waals surface area contributed by atoms with Gasteiger partial charge in [0.25, 0.3) is 0 Å². The van der Waals surface area contributed by atoms with Crippen molar-refractivity contribution in [2.24, 2.45) is 0 Å². The minimum absolute atomic E-state index is 0.118. The molecule has 2 rings (SSSR count). The molecule has 0 aromatic heterocycles. The number of amides is 1. The van der Waals surface area contributed by atoms with Gasteiger partial charge in [0.2, 0.25) is 5.91 Å². The van der Waals surface area contributed by atoms with Crippen molar-refractivity contribution in [3.05, 3.63) is 59.7 Å². The van der Waals surface area contributed by atoms with Crippen LogP contribution in [0.4, 0.5) is 5.69 Å². The minimum Gasteiger partial charge on any atom is -0.493 e. The van der Waals surface area contributed by atoms with Crippen molar-refractivity contribution in [1.82, 2.24) is 0 Å². The summed E-state index contributed by atoms with van der Waals surface area (Å²) in [7, 11) is 3.13. The first kappa shape index (κ1) is 18.6. The van der Waals surface area contributed by atoms with Crippen molar-refractivity contribution in [2.75, 3.05) is 19.5 Å². The molecule has 0 fully saturated rings. The van der Waals surface area contributed by atoms with E-state index in [0.717, 1.165) is 5.56 Å². The molecule has 0 unspecified atom stereocenters. The first-order valence-corrected chi connectivity index (χ1v) is 8.15. The lowest BCUT2D eigenvalue weighted by Gasteiger charge is -2.18. The lowest BCUT2D eigenvalue weighted by molar-refractivity contribution is -0.111. The Kier molecular flexibility index (Phi) is 5.86. The summed E-state index contributed by atoms with van der Waals surface area (Å²) in [6.45, 7) is 6.53. The van der Waals surface area contributed by atoms with Crippen molar-refractivity contribution in [2.45, 2.75) is 26.2 Å². The molecule has 0 aliphatic heterocycles. The lowest BCUT2D eigenvalue weighted by Crippen LogP contribution is -2.10. The molecule has 4 nitrogen and oxygen atoms in total. The Labute approximate surface area is 149 Å². The molecule has 0 saturated heterocycles. The van der Waals surface area contributed by atoms with Crippen LogP contribution in [0, 0.1) is 0 Å². The Hall–Kier alpha value is -2.75. The molecular weight excluding hydrogens is 314 g/mol. The number of hydrogen-bond acceptors (Lipinski definition) is 3. The minimum atomic E-state index is -0.202. The monoisotopic (exact) mass is 339 g/mol. The van der Waals surface area contributed by atoms with Gasteiger partial charge in [0.15, 0.2) is 11.5 Å². The predicted molar refractivity (Wildman–Crippen MR) is 102 cm³/mol. The fourth-order valence-corrected chi connectivity index (χ4v) is 2.36. The van der Waals surface area contributed by atoms with Crippen LogP contribution in [-0.4, -0.2) is 20.1 Å². The fraction of sp³-hybridized carbons (Fsp3) is 0.286. The topological polar surface area (TPSA) is 47.6 Å². The number of methoxy groups -OCH3 is 2. The van der Waals surface area contributed by atoms with Gasteiger partial charge in [0, 0.05) is 17.8 Å². The van der Waals surface area contributed by atoms with Crippen LogP contribution in [0.3, 0.4) is 0 Å². The van der Waals surface area contributed by atoms with E-state index in [-0.39, 0.29) is 11.3 Å². The smallest absolute Gasteiger partial charge is 0.248 e. The maximum absolute atomic E-state index is 12.1. The molecule has 0 saturated carbocycles. The van der Waals surface area contributed by atoms with Crippen LogP contribution < -0.4 is 14.8 Å². The van der Waals surface area contributed by atoms with Gasteiger partial charge < -0.3 is 14.8 Å². The summed E-state index contributed by atoms with van der Waals surface area (Å²) in [5, 5.41) is 2.81. The Morgan fingerprint density at radius 2 is 1.60 bits per heavy atom. The molecule has 0 radical (unpaired) electrons. The van der Waals surface area contributed by atoms with Crippen molar-refractivity contribution in [3.63, 3.8) is 0 Å². The maximum Gasteiger partial charge on any atom is 0.248 e. The van der Waals surface area contributed by atoms with Gasteiger partial charge in [-0.1, -0.05) is 45.0 Å². The number of anilines is 1. The molecule has 0 aliphatic carbocycles. The summed E-state index contributed by atoms with van der Waals surface area (Å²) in [6.07, 6.45) is 3.31. The van der Waals surface area contributed by atoms with E-state index in [1.807, 2.05) is 12.1 Å². The largest absolute Gasteiger partial charge is 0.493 e. The number of benzene rings is 2. The first-order valence-electron chi connectivity index (χ1n) is 8.15. The molecular formula is C21H25NO3. The highest BCUT2D eigenvalue weighted by Gasteiger charge is 2.12. The molecule has 25 heavy (non-hydrogen) atoms. The zero-order valence-corrected chi connectivity index (χ0v) is 15.4. The van der Waals surface area contributed by atoms with E-state index in [0.29, 0.717) is 17.2 Å². The summed E-state index contributed by atoms with van der Waals surface area (Å²) in [4.78, 5) is 12.1. The van der Waals surface area contributed by atoms with Gasteiger partial charge in [-0.2, -0.15) is 0 Å². The summed E-state index contributed by atoms with van der Waals surface area (Å²) in [5.74, 6) is 0.990. The van der Waals surface area contributed by atoms with E-state index >= 15 is 0 Å². The molecule has 2 aromatic carbocycles. The van der Waals surface area contributed by atoms with Gasteiger partial charge in [-0.15, -0.1) is 0 Å². The van der Waals surface area contributed by atoms with Gasteiger partial charge in [-0.25, -0.2) is 0 Å². The van der Waals surface area contributed by atoms with Crippen LogP contribution in [0.25, 0.3) is 6.08 Å². The van der Waals surface area contributed by atoms with E-state index in [4.69, 9.17) is 9.47 Å². The fourth-order valence-electron chi connectivity index (χ4n) is 2.36. The van der Waals surface area contributed by atoms with Gasteiger partial charge in [-0.05, 0) is 34.8 Å². The van der Waals surface area contributed by atoms with Gasteiger partial charge in [0.1, 0.15) is 0 Å². The second kappa shape index (κ2) is 7.88. The van der Waals surface area contributed by atoms with Gasteiger partial charge >= 0.3 is 0 Å². The summed E-state index contributed by atoms with van der Waals surface area (Å²) in [6, 6.07) is 13.5. The average Bonchev–Trinajstić information content (AvgIpc) is 2.59. The Morgan fingerprint density at radius 3 is 2.16 bits per heavy atom. The normalized spacial score (nSPS) is 11.4. The third-order valence-corrected chi connectivity index (χ3v) is 3.85. The van der Waals surface area contributed by atoms with Crippen LogP contribution in [-0.2, 0) is 10.2 Å². The first-order chi connectivity index (χ1) is 11.8. The second-order valence-electron chi connectivity index (χ2n) is 6.76. The summed E-state index contributed by atoms with van der Waals surface area (Å²) in [5.41, 5.74) is 3.01. The quantitative estimate of drug-likeness (QED) is 0.806. The highest BCUT2D eigenvalue weighted by Crippen LogP contribution is 2.29. The summed E-state index contributed by atoms with van der Waals surface area (Å²) >= 11 is 0. The maximum atomic E-state index is 12.1. The lowest BCUT2D eigenvalue weighted by atomic mass is 9.87. The van der Waals surface area contributed by atoms with Crippen LogP contribution >= 0.6 is 0 Å². The van der Waals surface area contributed by atoms with Crippen molar-refractivity contribution < 1.29 is 14.3 Å². The molecule has 0 aliphatic rings. The zero-order valence-electron chi connectivity index (χ0n) is 15.4. The number of rotatable bonds is 5. The number of ether oxygens (including phenoxy) is 2. The van der Waals surface area contributed by atoms with Crippen LogP contribution in [0.5, 0.6) is 11.5 Å². The van der Waals surface area contributed by atoms with Crippen molar-refractivity contribution >= 4 is 17.7 Å². The molecule has 2 aromatic rings. The van der Waals surface area contributed by atoms with Gasteiger partial charge in [0.05, 0.1) is 14.2 Å². The molecule has 0 atom stereocenters. The SMILES string of the molecule is COc1ccc(NC(=O)C=Cc2ccc(C(C)(C)C)cc2)cc1OC. The molecule has 1 N–H and O–H groups in total. The Balaban J connectivity index is 2.03. The van der Waals surface area contributed by atoms with Crippen molar-refractivity contribution in [1.29, 1.82) is 0 Å².